The maximum absolute atomic E-state index is 13.7. The molecule has 0 saturated heterocycles. The van der Waals surface area contributed by atoms with Gasteiger partial charge in [-0.3, -0.25) is 4.79 Å². The fourth-order valence-corrected chi connectivity index (χ4v) is 2.80. The van der Waals surface area contributed by atoms with E-state index < -0.39 is 0 Å². The van der Waals surface area contributed by atoms with Crippen molar-refractivity contribution in [2.45, 2.75) is 13.5 Å². The summed E-state index contributed by atoms with van der Waals surface area (Å²) in [6, 6.07) is 13.3. The summed E-state index contributed by atoms with van der Waals surface area (Å²) in [5, 5.41) is 0. The molecule has 1 aliphatic rings. The van der Waals surface area contributed by atoms with Crippen molar-refractivity contribution in [2.75, 3.05) is 0 Å². The largest absolute Gasteiger partial charge is 0.488 e. The fraction of sp³-hybridized carbons (Fsp3) is 0.0952. The molecule has 5 heteroatoms. The molecule has 0 aliphatic carbocycles. The van der Waals surface area contributed by atoms with Gasteiger partial charge in [-0.05, 0) is 37.3 Å². The highest BCUT2D eigenvalue weighted by Gasteiger charge is 2.30. The van der Waals surface area contributed by atoms with Gasteiger partial charge < -0.3 is 13.9 Å². The van der Waals surface area contributed by atoms with Crippen LogP contribution in [0.4, 0.5) is 4.39 Å². The molecule has 0 radical (unpaired) electrons. The summed E-state index contributed by atoms with van der Waals surface area (Å²) in [6.07, 6.45) is 3.08. The third-order valence-corrected chi connectivity index (χ3v) is 4.19. The van der Waals surface area contributed by atoms with Crippen LogP contribution in [0, 0.1) is 12.7 Å². The van der Waals surface area contributed by atoms with Crippen molar-refractivity contribution in [2.24, 2.45) is 0 Å². The molecule has 0 spiro atoms. The molecule has 2 heterocycles. The number of benzene rings is 2. The lowest BCUT2D eigenvalue weighted by atomic mass is 10.1. The molecular formula is C21H15FO4. The molecule has 0 atom stereocenters. The fourth-order valence-electron chi connectivity index (χ4n) is 2.80. The molecule has 0 amide bonds. The Morgan fingerprint density at radius 2 is 1.96 bits per heavy atom. The standard InChI is InChI=1S/C21H15FO4/c1-13-18(25-12-14-5-2-3-7-17(14)22)9-8-16-20(23)19(26-21(13)16)11-15-6-4-10-24-15/h2-11H,12H2,1H3/b19-11-. The smallest absolute Gasteiger partial charge is 0.232 e. The van der Waals surface area contributed by atoms with Crippen molar-refractivity contribution in [1.29, 1.82) is 0 Å². The predicted molar refractivity (Wildman–Crippen MR) is 93.6 cm³/mol. The summed E-state index contributed by atoms with van der Waals surface area (Å²) in [6.45, 7) is 1.90. The molecule has 1 aromatic heterocycles. The van der Waals surface area contributed by atoms with Gasteiger partial charge in [0.05, 0.1) is 11.8 Å². The molecule has 0 fully saturated rings. The summed E-state index contributed by atoms with van der Waals surface area (Å²) >= 11 is 0. The second-order valence-electron chi connectivity index (χ2n) is 5.90. The first-order valence-electron chi connectivity index (χ1n) is 8.11. The molecular weight excluding hydrogens is 335 g/mol. The van der Waals surface area contributed by atoms with Gasteiger partial charge in [0, 0.05) is 17.2 Å². The molecule has 3 aromatic rings. The minimum atomic E-state index is -0.318. The van der Waals surface area contributed by atoms with Crippen LogP contribution < -0.4 is 9.47 Å². The number of rotatable bonds is 4. The van der Waals surface area contributed by atoms with Crippen LogP contribution in [-0.4, -0.2) is 5.78 Å². The van der Waals surface area contributed by atoms with Gasteiger partial charge in [-0.25, -0.2) is 4.39 Å². The van der Waals surface area contributed by atoms with Crippen LogP contribution >= 0.6 is 0 Å². The molecule has 0 N–H and O–H groups in total. The highest BCUT2D eigenvalue weighted by molar-refractivity contribution is 6.14. The first-order valence-corrected chi connectivity index (χ1v) is 8.11. The van der Waals surface area contributed by atoms with Crippen molar-refractivity contribution in [3.63, 3.8) is 0 Å². The lowest BCUT2D eigenvalue weighted by molar-refractivity contribution is 0.101. The van der Waals surface area contributed by atoms with Crippen molar-refractivity contribution < 1.29 is 23.1 Å². The Hall–Kier alpha value is -3.34. The number of fused-ring (bicyclic) bond motifs is 1. The minimum absolute atomic E-state index is 0.0926. The normalized spacial score (nSPS) is 14.4. The van der Waals surface area contributed by atoms with Crippen LogP contribution in [0.5, 0.6) is 11.5 Å². The van der Waals surface area contributed by atoms with Gasteiger partial charge in [0.25, 0.3) is 0 Å². The Labute approximate surface area is 149 Å². The van der Waals surface area contributed by atoms with Crippen LogP contribution in [0.25, 0.3) is 6.08 Å². The summed E-state index contributed by atoms with van der Waals surface area (Å²) in [7, 11) is 0. The molecule has 26 heavy (non-hydrogen) atoms. The molecule has 130 valence electrons. The summed E-state index contributed by atoms with van der Waals surface area (Å²) < 4.78 is 30.4. The van der Waals surface area contributed by atoms with Crippen LogP contribution in [0.2, 0.25) is 0 Å². The number of allylic oxidation sites excluding steroid dienone is 1. The summed E-state index contributed by atoms with van der Waals surface area (Å²) in [5.41, 5.74) is 1.62. The first-order chi connectivity index (χ1) is 12.6. The molecule has 0 saturated carbocycles. The molecule has 4 nitrogen and oxygen atoms in total. The average molecular weight is 350 g/mol. The van der Waals surface area contributed by atoms with Crippen molar-refractivity contribution >= 4 is 11.9 Å². The van der Waals surface area contributed by atoms with Gasteiger partial charge in [-0.15, -0.1) is 0 Å². The van der Waals surface area contributed by atoms with Gasteiger partial charge >= 0.3 is 0 Å². The van der Waals surface area contributed by atoms with E-state index >= 15 is 0 Å². The van der Waals surface area contributed by atoms with Gasteiger partial charge in [0.15, 0.2) is 5.76 Å². The zero-order chi connectivity index (χ0) is 18.1. The molecule has 0 bridgehead atoms. The third kappa shape index (κ3) is 2.88. The summed E-state index contributed by atoms with van der Waals surface area (Å²) in [4.78, 5) is 12.5. The molecule has 4 rings (SSSR count). The van der Waals surface area contributed by atoms with Crippen LogP contribution in [-0.2, 0) is 6.61 Å². The van der Waals surface area contributed by atoms with Gasteiger partial charge in [-0.2, -0.15) is 0 Å². The molecule has 0 unspecified atom stereocenters. The minimum Gasteiger partial charge on any atom is -0.488 e. The number of ketones is 1. The van der Waals surface area contributed by atoms with Gasteiger partial charge in [0.2, 0.25) is 5.78 Å². The highest BCUT2D eigenvalue weighted by atomic mass is 19.1. The Morgan fingerprint density at radius 1 is 1.12 bits per heavy atom. The molecule has 1 aliphatic heterocycles. The quantitative estimate of drug-likeness (QED) is 0.627. The Bertz CT molecular complexity index is 1000. The van der Waals surface area contributed by atoms with E-state index in [-0.39, 0.29) is 24.0 Å². The lowest BCUT2D eigenvalue weighted by Crippen LogP contribution is -2.00. The van der Waals surface area contributed by atoms with E-state index in [2.05, 4.69) is 0 Å². The van der Waals surface area contributed by atoms with Crippen LogP contribution in [0.1, 0.15) is 27.2 Å². The summed E-state index contributed by atoms with van der Waals surface area (Å²) in [5.74, 6) is 1.21. The van der Waals surface area contributed by atoms with Gasteiger partial charge in [0.1, 0.15) is 29.7 Å². The zero-order valence-corrected chi connectivity index (χ0v) is 14.0. The number of hydrogen-bond acceptors (Lipinski definition) is 4. The van der Waals surface area contributed by atoms with E-state index in [9.17, 15) is 9.18 Å². The Kier molecular flexibility index (Phi) is 4.05. The predicted octanol–water partition coefficient (Wildman–Crippen LogP) is 4.92. The Balaban J connectivity index is 1.59. The van der Waals surface area contributed by atoms with E-state index in [4.69, 9.17) is 13.9 Å². The van der Waals surface area contributed by atoms with E-state index in [1.807, 2.05) is 0 Å². The second kappa shape index (κ2) is 6.52. The number of Topliss-reactive ketones (excluding diaryl/α,β-unsaturated/α-hetero) is 1. The number of halogens is 1. The SMILES string of the molecule is Cc1c(OCc2ccccc2F)ccc2c1O/C(=C\c1ccco1)C2=O. The number of hydrogen-bond donors (Lipinski definition) is 0. The van der Waals surface area contributed by atoms with Crippen molar-refractivity contribution in [3.8, 4) is 11.5 Å². The number of carbonyl (C=O) groups is 1. The first kappa shape index (κ1) is 16.1. The number of furan rings is 1. The average Bonchev–Trinajstić information content (AvgIpc) is 3.26. The third-order valence-electron chi connectivity index (χ3n) is 4.19. The second-order valence-corrected chi connectivity index (χ2v) is 5.90. The monoisotopic (exact) mass is 350 g/mol. The van der Waals surface area contributed by atoms with E-state index in [1.165, 1.54) is 12.3 Å². The highest BCUT2D eigenvalue weighted by Crippen LogP contribution is 2.39. The maximum atomic E-state index is 13.7. The van der Waals surface area contributed by atoms with E-state index in [0.717, 1.165) is 0 Å². The maximum Gasteiger partial charge on any atom is 0.232 e. The van der Waals surface area contributed by atoms with Crippen molar-refractivity contribution in [1.82, 2.24) is 0 Å². The topological polar surface area (TPSA) is 48.7 Å². The number of carbonyl (C=O) groups excluding carboxylic acids is 1. The van der Waals surface area contributed by atoms with Crippen LogP contribution in [0.15, 0.2) is 65.0 Å². The zero-order valence-electron chi connectivity index (χ0n) is 14.0. The lowest BCUT2D eigenvalue weighted by Gasteiger charge is -2.11. The Morgan fingerprint density at radius 3 is 2.73 bits per heavy atom. The number of ether oxygens (including phenoxy) is 2. The van der Waals surface area contributed by atoms with Crippen molar-refractivity contribution in [3.05, 3.63) is 88.8 Å². The van der Waals surface area contributed by atoms with Crippen LogP contribution in [0.3, 0.4) is 0 Å². The van der Waals surface area contributed by atoms with E-state index in [0.29, 0.717) is 33.9 Å². The molecule has 2 aromatic carbocycles. The van der Waals surface area contributed by atoms with E-state index in [1.54, 1.807) is 55.5 Å². The van der Waals surface area contributed by atoms with Gasteiger partial charge in [-0.1, -0.05) is 18.2 Å².